The van der Waals surface area contributed by atoms with Gasteiger partial charge in [0.05, 0.1) is 61.3 Å². The first-order valence-electron chi connectivity index (χ1n) is 26.4. The molecule has 9 heterocycles. The highest BCUT2D eigenvalue weighted by Crippen LogP contribution is 2.35. The Balaban J connectivity index is 0.000000203. The number of hydrogen-bond donors (Lipinski definition) is 3. The molecule has 6 atom stereocenters. The van der Waals surface area contributed by atoms with Gasteiger partial charge in [0.1, 0.15) is 42.8 Å². The van der Waals surface area contributed by atoms with E-state index in [-0.39, 0.29) is 71.9 Å². The number of rotatable bonds is 12. The molecule has 6 nitrogen and oxygen atoms in total. The van der Waals surface area contributed by atoms with Crippen LogP contribution in [0.25, 0.3) is 0 Å². The van der Waals surface area contributed by atoms with Crippen molar-refractivity contribution < 1.29 is 86.6 Å². The molecular formula is C48H99I3N6Si6. The van der Waals surface area contributed by atoms with Crippen molar-refractivity contribution in [2.45, 2.75) is 228 Å². The Bertz CT molecular complexity index is 1200. The van der Waals surface area contributed by atoms with Gasteiger partial charge < -0.3 is 86.6 Å². The first-order valence-corrected chi connectivity index (χ1v) is 45.1. The average molecular weight is 1310 g/mol. The summed E-state index contributed by atoms with van der Waals surface area (Å²) in [5, 5.41) is 0. The number of nitrogens with one attached hydrogen (secondary N) is 3. The largest absolute Gasteiger partial charge is 1.00 e. The summed E-state index contributed by atoms with van der Waals surface area (Å²) in [6.07, 6.45) is 43.9. The van der Waals surface area contributed by atoms with E-state index in [0.717, 1.165) is 0 Å². The zero-order valence-corrected chi connectivity index (χ0v) is 54.9. The van der Waals surface area contributed by atoms with Crippen molar-refractivity contribution in [3.63, 3.8) is 0 Å². The normalized spacial score (nSPS) is 33.4. The van der Waals surface area contributed by atoms with Crippen molar-refractivity contribution in [2.24, 2.45) is 0 Å². The minimum Gasteiger partial charge on any atom is -1.00 e. The van der Waals surface area contributed by atoms with Crippen molar-refractivity contribution >= 4 is 48.4 Å². The van der Waals surface area contributed by atoms with E-state index in [2.05, 4.69) is 112 Å². The van der Waals surface area contributed by atoms with E-state index >= 15 is 0 Å². The predicted molar refractivity (Wildman–Crippen MR) is 276 cm³/mol. The Hall–Kier alpha value is 1.99. The summed E-state index contributed by atoms with van der Waals surface area (Å²) in [5.41, 5.74) is 0. The molecule has 0 aromatic rings. The summed E-state index contributed by atoms with van der Waals surface area (Å²) in [4.78, 5) is 13.4. The SMILES string of the molecule is CC1N(C[Si]2(C)CCCC2)C=C[NH+]1C[Si]1(C)CCCC1.CC1N(C[Si]2(C)CCCC2)C=C[NH+]1C[Si]1(C)CCCC1.CC1N(C[Si]2(C)CCCC2)C=C[NH+]1C[Si]1(C)CCCC1.[I-].[I-].[I-]. The quantitative estimate of drug-likeness (QED) is 0.182. The molecule has 0 saturated carbocycles. The van der Waals surface area contributed by atoms with Gasteiger partial charge in [-0.3, -0.25) is 14.7 Å². The molecule has 0 aromatic carbocycles. The summed E-state index contributed by atoms with van der Waals surface area (Å²) < 4.78 is 0. The van der Waals surface area contributed by atoms with Gasteiger partial charge in [-0.15, -0.1) is 0 Å². The highest BCUT2D eigenvalue weighted by molar-refractivity contribution is 6.81. The molecule has 0 amide bonds. The minimum atomic E-state index is -0.913. The zero-order valence-electron chi connectivity index (χ0n) is 42.4. The maximum absolute atomic E-state index is 2.71. The lowest BCUT2D eigenvalue weighted by Crippen LogP contribution is -3.13. The first kappa shape index (κ1) is 57.6. The first-order chi connectivity index (χ1) is 28.5. The van der Waals surface area contributed by atoms with Crippen LogP contribution in [0.2, 0.25) is 112 Å². The lowest BCUT2D eigenvalue weighted by atomic mass is 10.4. The summed E-state index contributed by atoms with van der Waals surface area (Å²) in [5.74, 6) is 0. The van der Waals surface area contributed by atoms with Crippen LogP contribution >= 0.6 is 0 Å². The maximum atomic E-state index is 2.71. The van der Waals surface area contributed by atoms with E-state index in [4.69, 9.17) is 0 Å². The summed E-state index contributed by atoms with van der Waals surface area (Å²) in [6, 6.07) is 19.0. The van der Waals surface area contributed by atoms with Gasteiger partial charge in [0.2, 0.25) is 0 Å². The van der Waals surface area contributed by atoms with Crippen LogP contribution < -0.4 is 86.6 Å². The summed E-state index contributed by atoms with van der Waals surface area (Å²) >= 11 is 0. The fourth-order valence-corrected chi connectivity index (χ4v) is 39.1. The van der Waals surface area contributed by atoms with Crippen LogP contribution in [0.15, 0.2) is 37.2 Å². The van der Waals surface area contributed by atoms with Gasteiger partial charge in [-0.25, -0.2) is 0 Å². The summed E-state index contributed by atoms with van der Waals surface area (Å²) in [7, 11) is -5.41. The molecule has 6 unspecified atom stereocenters. The molecule has 3 N–H and O–H groups in total. The van der Waals surface area contributed by atoms with Crippen LogP contribution in [0.1, 0.15) is 97.8 Å². The van der Waals surface area contributed by atoms with Crippen molar-refractivity contribution in [3.05, 3.63) is 37.2 Å². The van der Waals surface area contributed by atoms with Crippen LogP contribution in [0, 0.1) is 0 Å². The average Bonchev–Trinajstić information content (AvgIpc) is 4.07. The number of halogens is 3. The van der Waals surface area contributed by atoms with Crippen molar-refractivity contribution in [2.75, 3.05) is 37.0 Å². The molecule has 15 heteroatoms. The second kappa shape index (κ2) is 24.9. The van der Waals surface area contributed by atoms with E-state index in [1.165, 1.54) is 114 Å². The molecule has 0 aromatic heterocycles. The van der Waals surface area contributed by atoms with Gasteiger partial charge in [-0.1, -0.05) is 189 Å². The molecule has 9 aliphatic rings. The lowest BCUT2D eigenvalue weighted by Gasteiger charge is -2.33. The zero-order chi connectivity index (χ0) is 42.7. The monoisotopic (exact) mass is 1310 g/mol. The predicted octanol–water partition coefficient (Wildman–Crippen LogP) is -0.506. The minimum absolute atomic E-state index is 0. The lowest BCUT2D eigenvalue weighted by molar-refractivity contribution is -0.865. The number of quaternary nitrogens is 3. The highest BCUT2D eigenvalue weighted by atomic mass is 127. The highest BCUT2D eigenvalue weighted by Gasteiger charge is 2.45. The van der Waals surface area contributed by atoms with E-state index in [9.17, 15) is 0 Å². The van der Waals surface area contributed by atoms with Gasteiger partial charge in [-0.2, -0.15) is 0 Å². The second-order valence-electron chi connectivity index (χ2n) is 25.4. The third kappa shape index (κ3) is 15.7. The molecule has 0 spiro atoms. The molecule has 366 valence electrons. The Kier molecular flexibility index (Phi) is 22.7. The molecule has 6 fully saturated rings. The molecule has 0 radical (unpaired) electrons. The Morgan fingerprint density at radius 3 is 0.698 bits per heavy atom. The van der Waals surface area contributed by atoms with Gasteiger partial charge in [0.15, 0.2) is 18.5 Å². The van der Waals surface area contributed by atoms with Crippen LogP contribution in [0.5, 0.6) is 0 Å². The van der Waals surface area contributed by atoms with Crippen molar-refractivity contribution in [1.29, 1.82) is 0 Å². The van der Waals surface area contributed by atoms with Gasteiger partial charge in [-0.05, 0) is 0 Å². The summed E-state index contributed by atoms with van der Waals surface area (Å²) in [6.45, 7) is 23.3. The van der Waals surface area contributed by atoms with Gasteiger partial charge >= 0.3 is 0 Å². The molecule has 9 rings (SSSR count). The Morgan fingerprint density at radius 2 is 0.508 bits per heavy atom. The van der Waals surface area contributed by atoms with Crippen LogP contribution in [0.4, 0.5) is 0 Å². The fraction of sp³-hybridized carbons (Fsp3) is 0.875. The molecule has 6 saturated heterocycles. The van der Waals surface area contributed by atoms with Crippen molar-refractivity contribution in [1.82, 2.24) is 14.7 Å². The molecular weight excluding hydrogens is 1210 g/mol. The number of hydrogen-bond acceptors (Lipinski definition) is 3. The van der Waals surface area contributed by atoms with E-state index in [0.29, 0.717) is 18.5 Å². The third-order valence-corrected chi connectivity index (χ3v) is 44.9. The fourth-order valence-electron chi connectivity index (χ4n) is 14.4. The van der Waals surface area contributed by atoms with E-state index in [1.54, 1.807) is 87.2 Å². The van der Waals surface area contributed by atoms with Crippen LogP contribution in [0.3, 0.4) is 0 Å². The second-order valence-corrected chi connectivity index (χ2v) is 55.1. The Morgan fingerprint density at radius 1 is 0.333 bits per heavy atom. The Labute approximate surface area is 447 Å². The number of nitrogens with zero attached hydrogens (tertiary/aromatic N) is 3. The standard InChI is InChI=1S/3C16H32N2Si2.3HI/c3*1-16-17(14-19(2)10-4-5-11-19)8-9-18(16)15-20(3)12-6-7-13-20;;;/h3*8-9,16H,4-7,10-15H2,1-3H3;3*1H. The molecule has 9 aliphatic heterocycles. The van der Waals surface area contributed by atoms with Crippen LogP contribution in [-0.4, -0.2) is 119 Å². The van der Waals surface area contributed by atoms with Crippen LogP contribution in [-0.2, 0) is 0 Å². The maximum Gasteiger partial charge on any atom is 0.163 e. The molecule has 0 aliphatic carbocycles. The third-order valence-electron chi connectivity index (χ3n) is 19.0. The van der Waals surface area contributed by atoms with E-state index in [1.807, 2.05) is 0 Å². The topological polar surface area (TPSA) is 23.0 Å². The molecule has 63 heavy (non-hydrogen) atoms. The van der Waals surface area contributed by atoms with Crippen molar-refractivity contribution in [3.8, 4) is 0 Å². The van der Waals surface area contributed by atoms with E-state index < -0.39 is 48.4 Å². The molecule has 0 bridgehead atoms. The smallest absolute Gasteiger partial charge is 0.163 e. The van der Waals surface area contributed by atoms with Gasteiger partial charge in [0, 0.05) is 39.3 Å². The van der Waals surface area contributed by atoms with Gasteiger partial charge in [0.25, 0.3) is 0 Å².